The molecule has 1 aromatic rings. The lowest BCUT2D eigenvalue weighted by Gasteiger charge is -2.09. The number of ether oxygens (including phenoxy) is 1. The van der Waals surface area contributed by atoms with Crippen molar-refractivity contribution in [2.75, 3.05) is 6.61 Å². The maximum absolute atomic E-state index is 9.58. The van der Waals surface area contributed by atoms with Gasteiger partial charge >= 0.3 is 0 Å². The number of rotatable bonds is 5. The van der Waals surface area contributed by atoms with Crippen LogP contribution >= 0.6 is 0 Å². The monoisotopic (exact) mass is 206 g/mol. The lowest BCUT2D eigenvalue weighted by molar-refractivity contribution is 0.173. The normalized spacial score (nSPS) is 13.0. The molecule has 0 aliphatic carbocycles. The Morgan fingerprint density at radius 1 is 1.33 bits per heavy atom. The number of aliphatic hydroxyl groups excluding tert-OH is 1. The van der Waals surface area contributed by atoms with E-state index in [4.69, 9.17) is 4.74 Å². The van der Waals surface area contributed by atoms with Gasteiger partial charge in [0.15, 0.2) is 0 Å². The maximum Gasteiger partial charge on any atom is 0.119 e. The molecule has 2 heteroatoms. The second-order valence-corrected chi connectivity index (χ2v) is 3.37. The second kappa shape index (κ2) is 6.25. The van der Waals surface area contributed by atoms with Crippen molar-refractivity contribution in [1.82, 2.24) is 0 Å². The molecule has 1 rings (SSSR count). The molecule has 0 aromatic heterocycles. The molecule has 15 heavy (non-hydrogen) atoms. The zero-order valence-corrected chi connectivity index (χ0v) is 9.31. The van der Waals surface area contributed by atoms with Gasteiger partial charge in [-0.1, -0.05) is 31.2 Å². The summed E-state index contributed by atoms with van der Waals surface area (Å²) in [5.41, 5.74) is 0.941. The van der Waals surface area contributed by atoms with E-state index in [0.717, 1.165) is 17.7 Å². The van der Waals surface area contributed by atoms with Crippen LogP contribution in [-0.4, -0.2) is 11.7 Å². The highest BCUT2D eigenvalue weighted by Gasteiger charge is 2.03. The SMILES string of the molecule is CC=CCOc1ccc([C@@H](O)CC)cc1. The van der Waals surface area contributed by atoms with Crippen molar-refractivity contribution in [1.29, 1.82) is 0 Å². The molecule has 0 amide bonds. The Morgan fingerprint density at radius 3 is 2.53 bits per heavy atom. The molecule has 82 valence electrons. The zero-order valence-electron chi connectivity index (χ0n) is 9.31. The van der Waals surface area contributed by atoms with Crippen molar-refractivity contribution in [3.8, 4) is 5.75 Å². The van der Waals surface area contributed by atoms with Gasteiger partial charge in [0, 0.05) is 0 Å². The van der Waals surface area contributed by atoms with Gasteiger partial charge in [-0.2, -0.15) is 0 Å². The van der Waals surface area contributed by atoms with E-state index < -0.39 is 0 Å². The summed E-state index contributed by atoms with van der Waals surface area (Å²) in [6.45, 7) is 4.51. The van der Waals surface area contributed by atoms with Gasteiger partial charge in [0.25, 0.3) is 0 Å². The van der Waals surface area contributed by atoms with Crippen molar-refractivity contribution >= 4 is 0 Å². The number of benzene rings is 1. The molecule has 0 unspecified atom stereocenters. The van der Waals surface area contributed by atoms with Gasteiger partial charge in [-0.05, 0) is 31.0 Å². The molecule has 0 bridgehead atoms. The van der Waals surface area contributed by atoms with Gasteiger partial charge in [-0.25, -0.2) is 0 Å². The summed E-state index contributed by atoms with van der Waals surface area (Å²) in [6, 6.07) is 7.58. The van der Waals surface area contributed by atoms with Crippen molar-refractivity contribution in [3.63, 3.8) is 0 Å². The maximum atomic E-state index is 9.58. The molecule has 0 fully saturated rings. The number of allylic oxidation sites excluding steroid dienone is 1. The fraction of sp³-hybridized carbons (Fsp3) is 0.385. The minimum atomic E-state index is -0.366. The van der Waals surface area contributed by atoms with E-state index in [9.17, 15) is 5.11 Å². The van der Waals surface area contributed by atoms with Crippen molar-refractivity contribution in [3.05, 3.63) is 42.0 Å². The van der Waals surface area contributed by atoms with Gasteiger partial charge in [0.05, 0.1) is 6.10 Å². The Morgan fingerprint density at radius 2 is 2.00 bits per heavy atom. The van der Waals surface area contributed by atoms with E-state index in [2.05, 4.69) is 0 Å². The third-order valence-corrected chi connectivity index (χ3v) is 2.23. The van der Waals surface area contributed by atoms with Gasteiger partial charge in [0.2, 0.25) is 0 Å². The molecule has 0 saturated carbocycles. The number of aliphatic hydroxyl groups is 1. The molecular weight excluding hydrogens is 188 g/mol. The van der Waals surface area contributed by atoms with Crippen LogP contribution in [0.25, 0.3) is 0 Å². The molecule has 0 spiro atoms. The van der Waals surface area contributed by atoms with Crippen LogP contribution in [-0.2, 0) is 0 Å². The highest BCUT2D eigenvalue weighted by Crippen LogP contribution is 2.19. The van der Waals surface area contributed by atoms with E-state index in [1.165, 1.54) is 0 Å². The summed E-state index contributed by atoms with van der Waals surface area (Å²) in [4.78, 5) is 0. The van der Waals surface area contributed by atoms with Gasteiger partial charge in [-0.15, -0.1) is 0 Å². The highest BCUT2D eigenvalue weighted by atomic mass is 16.5. The smallest absolute Gasteiger partial charge is 0.119 e. The summed E-state index contributed by atoms with van der Waals surface area (Å²) < 4.78 is 5.45. The van der Waals surface area contributed by atoms with Gasteiger partial charge in [0.1, 0.15) is 12.4 Å². The van der Waals surface area contributed by atoms with E-state index >= 15 is 0 Å². The van der Waals surface area contributed by atoms with Crippen LogP contribution in [0.15, 0.2) is 36.4 Å². The summed E-state index contributed by atoms with van der Waals surface area (Å²) >= 11 is 0. The minimum Gasteiger partial charge on any atom is -0.490 e. The van der Waals surface area contributed by atoms with Crippen molar-refractivity contribution < 1.29 is 9.84 Å². The average molecular weight is 206 g/mol. The van der Waals surface area contributed by atoms with Crippen molar-refractivity contribution in [2.45, 2.75) is 26.4 Å². The molecule has 0 heterocycles. The fourth-order valence-electron chi connectivity index (χ4n) is 1.26. The average Bonchev–Trinajstić information content (AvgIpc) is 2.29. The Labute approximate surface area is 91.2 Å². The van der Waals surface area contributed by atoms with Crippen LogP contribution in [0.2, 0.25) is 0 Å². The fourth-order valence-corrected chi connectivity index (χ4v) is 1.26. The summed E-state index contributed by atoms with van der Waals surface area (Å²) in [5.74, 6) is 0.833. The topological polar surface area (TPSA) is 29.5 Å². The first-order valence-electron chi connectivity index (χ1n) is 5.30. The Balaban J connectivity index is 2.56. The predicted molar refractivity (Wildman–Crippen MR) is 62.0 cm³/mol. The van der Waals surface area contributed by atoms with Crippen LogP contribution in [0.1, 0.15) is 31.9 Å². The first kappa shape index (κ1) is 11.8. The summed E-state index contributed by atoms with van der Waals surface area (Å²) in [6.07, 6.45) is 4.28. The third-order valence-electron chi connectivity index (χ3n) is 2.23. The van der Waals surface area contributed by atoms with Crippen LogP contribution < -0.4 is 4.74 Å². The molecule has 0 aliphatic heterocycles. The van der Waals surface area contributed by atoms with Gasteiger partial charge in [-0.3, -0.25) is 0 Å². The molecule has 0 saturated heterocycles. The molecule has 2 nitrogen and oxygen atoms in total. The van der Waals surface area contributed by atoms with E-state index in [1.807, 2.05) is 50.3 Å². The molecule has 1 aromatic carbocycles. The number of hydrogen-bond donors (Lipinski definition) is 1. The third kappa shape index (κ3) is 3.76. The van der Waals surface area contributed by atoms with Crippen LogP contribution in [0, 0.1) is 0 Å². The van der Waals surface area contributed by atoms with Gasteiger partial charge < -0.3 is 9.84 Å². The van der Waals surface area contributed by atoms with Crippen LogP contribution in [0.3, 0.4) is 0 Å². The van der Waals surface area contributed by atoms with Crippen LogP contribution in [0.5, 0.6) is 5.75 Å². The summed E-state index contributed by atoms with van der Waals surface area (Å²) in [7, 11) is 0. The number of hydrogen-bond acceptors (Lipinski definition) is 2. The van der Waals surface area contributed by atoms with E-state index in [-0.39, 0.29) is 6.10 Å². The quantitative estimate of drug-likeness (QED) is 0.750. The molecule has 1 atom stereocenters. The predicted octanol–water partition coefficient (Wildman–Crippen LogP) is 3.08. The standard InChI is InChI=1S/C13H18O2/c1-3-5-10-15-12-8-6-11(7-9-12)13(14)4-2/h3,5-9,13-14H,4,10H2,1-2H3/t13-/m0/s1. The first-order chi connectivity index (χ1) is 7.27. The molecular formula is C13H18O2. The molecule has 1 N–H and O–H groups in total. The Kier molecular flexibility index (Phi) is 4.91. The first-order valence-corrected chi connectivity index (χ1v) is 5.30. The van der Waals surface area contributed by atoms with E-state index in [0.29, 0.717) is 6.61 Å². The minimum absolute atomic E-state index is 0.366. The van der Waals surface area contributed by atoms with Crippen LogP contribution in [0.4, 0.5) is 0 Å². The Bertz CT molecular complexity index is 301. The van der Waals surface area contributed by atoms with Crippen molar-refractivity contribution in [2.24, 2.45) is 0 Å². The lowest BCUT2D eigenvalue weighted by atomic mass is 10.1. The largest absolute Gasteiger partial charge is 0.490 e. The zero-order chi connectivity index (χ0) is 11.1. The van der Waals surface area contributed by atoms with E-state index in [1.54, 1.807) is 0 Å². The molecule has 0 aliphatic rings. The lowest BCUT2D eigenvalue weighted by Crippen LogP contribution is -1.96. The Hall–Kier alpha value is -1.28. The second-order valence-electron chi connectivity index (χ2n) is 3.37. The summed E-state index contributed by atoms with van der Waals surface area (Å²) in [5, 5.41) is 9.58. The molecule has 0 radical (unpaired) electrons. The highest BCUT2D eigenvalue weighted by molar-refractivity contribution is 5.28.